The van der Waals surface area contributed by atoms with E-state index in [0.717, 1.165) is 43.8 Å². The molecule has 0 radical (unpaired) electrons. The van der Waals surface area contributed by atoms with Gasteiger partial charge < -0.3 is 15.0 Å². The van der Waals surface area contributed by atoms with Crippen LogP contribution in [0.1, 0.15) is 57.6 Å². The van der Waals surface area contributed by atoms with Gasteiger partial charge in [0.15, 0.2) is 0 Å². The fraction of sp³-hybridized carbons (Fsp3) is 0.667. The van der Waals surface area contributed by atoms with Gasteiger partial charge in [0.05, 0.1) is 13.2 Å². The molecule has 0 bridgehead atoms. The Hall–Kier alpha value is -1.75. The van der Waals surface area contributed by atoms with Crippen LogP contribution < -0.4 is 10.1 Å². The average molecular weight is 360 g/mol. The molecular formula is C21H33N3O2. The van der Waals surface area contributed by atoms with E-state index >= 15 is 0 Å². The summed E-state index contributed by atoms with van der Waals surface area (Å²) in [5.74, 6) is 0.848. The molecule has 0 saturated carbocycles. The van der Waals surface area contributed by atoms with Crippen molar-refractivity contribution in [2.75, 3.05) is 33.3 Å². The first kappa shape index (κ1) is 19.0. The van der Waals surface area contributed by atoms with Crippen molar-refractivity contribution < 1.29 is 9.53 Å². The van der Waals surface area contributed by atoms with E-state index in [2.05, 4.69) is 30.1 Å². The Morgan fingerprint density at radius 3 is 2.69 bits per heavy atom. The number of nitrogens with zero attached hydrogens (tertiary/aromatic N) is 2. The third kappa shape index (κ3) is 4.32. The van der Waals surface area contributed by atoms with Crippen LogP contribution in [0.5, 0.6) is 5.75 Å². The van der Waals surface area contributed by atoms with Crippen molar-refractivity contribution in [1.29, 1.82) is 0 Å². The summed E-state index contributed by atoms with van der Waals surface area (Å²) in [6.07, 6.45) is 5.92. The lowest BCUT2D eigenvalue weighted by atomic mass is 9.98. The summed E-state index contributed by atoms with van der Waals surface area (Å²) < 4.78 is 5.34. The largest absolute Gasteiger partial charge is 0.497 e. The third-order valence-corrected chi connectivity index (χ3v) is 5.88. The SMILES string of the molecule is COc1cccc(C2CCCN2C(=O)NCC(C)(C)N2CCCCC2)c1. The summed E-state index contributed by atoms with van der Waals surface area (Å²) in [6.45, 7) is 8.26. The molecule has 5 nitrogen and oxygen atoms in total. The molecule has 0 aliphatic carbocycles. The first-order chi connectivity index (χ1) is 12.5. The van der Waals surface area contributed by atoms with Crippen molar-refractivity contribution in [3.8, 4) is 5.75 Å². The Labute approximate surface area is 157 Å². The molecule has 2 heterocycles. The van der Waals surface area contributed by atoms with Crippen LogP contribution in [-0.2, 0) is 0 Å². The van der Waals surface area contributed by atoms with Gasteiger partial charge in [0.2, 0.25) is 0 Å². The fourth-order valence-electron chi connectivity index (χ4n) is 4.21. The van der Waals surface area contributed by atoms with Crippen molar-refractivity contribution in [3.63, 3.8) is 0 Å². The number of hydrogen-bond acceptors (Lipinski definition) is 3. The van der Waals surface area contributed by atoms with Gasteiger partial charge in [-0.15, -0.1) is 0 Å². The zero-order valence-corrected chi connectivity index (χ0v) is 16.5. The Balaban J connectivity index is 1.61. The number of hydrogen-bond donors (Lipinski definition) is 1. The Morgan fingerprint density at radius 2 is 1.96 bits per heavy atom. The number of carbonyl (C=O) groups is 1. The van der Waals surface area contributed by atoms with Crippen LogP contribution in [0.3, 0.4) is 0 Å². The average Bonchev–Trinajstić information content (AvgIpc) is 3.17. The number of methoxy groups -OCH3 is 1. The maximum absolute atomic E-state index is 12.9. The molecule has 1 N–H and O–H groups in total. The molecular weight excluding hydrogens is 326 g/mol. The van der Waals surface area contributed by atoms with Gasteiger partial charge in [-0.2, -0.15) is 0 Å². The highest BCUT2D eigenvalue weighted by molar-refractivity contribution is 5.75. The van der Waals surface area contributed by atoms with Gasteiger partial charge in [-0.05, 0) is 70.3 Å². The molecule has 0 aromatic heterocycles. The molecule has 2 aliphatic rings. The third-order valence-electron chi connectivity index (χ3n) is 5.88. The number of urea groups is 1. The predicted molar refractivity (Wildman–Crippen MR) is 105 cm³/mol. The second-order valence-electron chi connectivity index (χ2n) is 8.15. The smallest absolute Gasteiger partial charge is 0.317 e. The van der Waals surface area contributed by atoms with Gasteiger partial charge in [0.1, 0.15) is 5.75 Å². The van der Waals surface area contributed by atoms with Gasteiger partial charge in [-0.1, -0.05) is 18.6 Å². The predicted octanol–water partition coefficient (Wildman–Crippen LogP) is 3.81. The lowest BCUT2D eigenvalue weighted by Crippen LogP contribution is -2.54. The molecule has 1 aromatic rings. The minimum atomic E-state index is 0.00126. The van der Waals surface area contributed by atoms with E-state index in [1.54, 1.807) is 7.11 Å². The lowest BCUT2D eigenvalue weighted by Gasteiger charge is -2.41. The quantitative estimate of drug-likeness (QED) is 0.869. The van der Waals surface area contributed by atoms with Crippen molar-refractivity contribution in [3.05, 3.63) is 29.8 Å². The van der Waals surface area contributed by atoms with E-state index in [4.69, 9.17) is 4.74 Å². The second kappa shape index (κ2) is 8.30. The number of piperidine rings is 1. The molecule has 2 fully saturated rings. The number of rotatable bonds is 5. The number of likely N-dealkylation sites (tertiary alicyclic amines) is 2. The second-order valence-corrected chi connectivity index (χ2v) is 8.15. The van der Waals surface area contributed by atoms with Crippen molar-refractivity contribution in [2.45, 2.75) is 57.5 Å². The first-order valence-electron chi connectivity index (χ1n) is 9.95. The minimum Gasteiger partial charge on any atom is -0.497 e. The van der Waals surface area contributed by atoms with Crippen LogP contribution in [0, 0.1) is 0 Å². The lowest BCUT2D eigenvalue weighted by molar-refractivity contribution is 0.0935. The molecule has 2 aliphatic heterocycles. The van der Waals surface area contributed by atoms with Crippen LogP contribution in [0.4, 0.5) is 4.79 Å². The van der Waals surface area contributed by atoms with Crippen LogP contribution in [0.25, 0.3) is 0 Å². The van der Waals surface area contributed by atoms with Crippen molar-refractivity contribution in [1.82, 2.24) is 15.1 Å². The molecule has 2 amide bonds. The maximum atomic E-state index is 12.9. The summed E-state index contributed by atoms with van der Waals surface area (Å²) >= 11 is 0. The van der Waals surface area contributed by atoms with Crippen LogP contribution in [0.15, 0.2) is 24.3 Å². The molecule has 2 saturated heterocycles. The van der Waals surface area contributed by atoms with E-state index in [-0.39, 0.29) is 17.6 Å². The molecule has 3 rings (SSSR count). The molecule has 144 valence electrons. The van der Waals surface area contributed by atoms with Crippen LogP contribution in [0.2, 0.25) is 0 Å². The van der Waals surface area contributed by atoms with Gasteiger partial charge in [0, 0.05) is 18.6 Å². The Morgan fingerprint density at radius 1 is 1.19 bits per heavy atom. The van der Waals surface area contributed by atoms with Crippen LogP contribution >= 0.6 is 0 Å². The van der Waals surface area contributed by atoms with Crippen molar-refractivity contribution in [2.24, 2.45) is 0 Å². The highest BCUT2D eigenvalue weighted by Crippen LogP contribution is 2.33. The molecule has 26 heavy (non-hydrogen) atoms. The van der Waals surface area contributed by atoms with Gasteiger partial charge in [0.25, 0.3) is 0 Å². The normalized spacial score (nSPS) is 21.7. The monoisotopic (exact) mass is 359 g/mol. The maximum Gasteiger partial charge on any atom is 0.317 e. The number of nitrogens with one attached hydrogen (secondary N) is 1. The number of carbonyl (C=O) groups excluding carboxylic acids is 1. The number of ether oxygens (including phenoxy) is 1. The van der Waals surface area contributed by atoms with E-state index in [9.17, 15) is 4.79 Å². The van der Waals surface area contributed by atoms with E-state index in [1.165, 1.54) is 19.3 Å². The molecule has 1 atom stereocenters. The standard InChI is InChI=1S/C21H33N3O2/c1-21(2,23-12-5-4-6-13-23)16-22-20(25)24-14-8-11-19(24)17-9-7-10-18(15-17)26-3/h7,9-10,15,19H,4-6,8,11-14,16H2,1-3H3,(H,22,25). The zero-order valence-electron chi connectivity index (χ0n) is 16.5. The summed E-state index contributed by atoms with van der Waals surface area (Å²) in [4.78, 5) is 17.4. The van der Waals surface area contributed by atoms with E-state index in [1.807, 2.05) is 23.1 Å². The highest BCUT2D eigenvalue weighted by Gasteiger charge is 2.33. The molecule has 0 spiro atoms. The van der Waals surface area contributed by atoms with Gasteiger partial charge in [-0.25, -0.2) is 4.79 Å². The first-order valence-corrected chi connectivity index (χ1v) is 9.95. The Kier molecular flexibility index (Phi) is 6.07. The summed E-state index contributed by atoms with van der Waals surface area (Å²) in [5, 5.41) is 3.20. The highest BCUT2D eigenvalue weighted by atomic mass is 16.5. The molecule has 1 aromatic carbocycles. The molecule has 1 unspecified atom stereocenters. The van der Waals surface area contributed by atoms with Crippen LogP contribution in [-0.4, -0.2) is 54.7 Å². The minimum absolute atomic E-state index is 0.00126. The van der Waals surface area contributed by atoms with Gasteiger partial charge >= 0.3 is 6.03 Å². The Bertz CT molecular complexity index is 611. The summed E-state index contributed by atoms with van der Waals surface area (Å²) in [6, 6.07) is 8.29. The van der Waals surface area contributed by atoms with Crippen molar-refractivity contribution >= 4 is 6.03 Å². The van der Waals surface area contributed by atoms with E-state index in [0.29, 0.717) is 6.54 Å². The fourth-order valence-corrected chi connectivity index (χ4v) is 4.21. The topological polar surface area (TPSA) is 44.8 Å². The summed E-state index contributed by atoms with van der Waals surface area (Å²) in [7, 11) is 1.68. The number of amides is 2. The zero-order chi connectivity index (χ0) is 18.6. The van der Waals surface area contributed by atoms with Gasteiger partial charge in [-0.3, -0.25) is 4.90 Å². The summed E-state index contributed by atoms with van der Waals surface area (Å²) in [5.41, 5.74) is 1.16. The number of benzene rings is 1. The molecule has 5 heteroatoms. The van der Waals surface area contributed by atoms with E-state index < -0.39 is 0 Å².